The molecule has 1 atom stereocenters. The fourth-order valence-corrected chi connectivity index (χ4v) is 3.35. The van der Waals surface area contributed by atoms with Crippen LogP contribution in [-0.2, 0) is 22.6 Å². The van der Waals surface area contributed by atoms with Gasteiger partial charge in [-0.3, -0.25) is 9.59 Å². The molecule has 0 aliphatic carbocycles. The van der Waals surface area contributed by atoms with E-state index in [4.69, 9.17) is 4.74 Å². The molecule has 0 saturated heterocycles. The summed E-state index contributed by atoms with van der Waals surface area (Å²) in [5.74, 6) is 0.425. The molecule has 1 unspecified atom stereocenters. The summed E-state index contributed by atoms with van der Waals surface area (Å²) in [5, 5.41) is 2.80. The molecule has 2 amide bonds. The van der Waals surface area contributed by atoms with Crippen LogP contribution in [0.1, 0.15) is 11.1 Å². The molecule has 0 bridgehead atoms. The molecule has 2 aromatic rings. The van der Waals surface area contributed by atoms with Gasteiger partial charge < -0.3 is 19.9 Å². The van der Waals surface area contributed by atoms with Crippen molar-refractivity contribution < 1.29 is 19.2 Å². The molecule has 0 radical (unpaired) electrons. The number of likely N-dealkylation sites (N-methyl/N-ethyl adjacent to an activating group) is 1. The van der Waals surface area contributed by atoms with Gasteiger partial charge in [-0.1, -0.05) is 30.3 Å². The topological polar surface area (TPSA) is 63.1 Å². The highest BCUT2D eigenvalue weighted by molar-refractivity contribution is 5.94. The Hall–Kier alpha value is -2.86. The van der Waals surface area contributed by atoms with Crippen LogP contribution in [0, 0.1) is 0 Å². The molecule has 6 heteroatoms. The second kappa shape index (κ2) is 8.68. The summed E-state index contributed by atoms with van der Waals surface area (Å²) in [6.45, 7) is 2.22. The lowest BCUT2D eigenvalue weighted by Crippen LogP contribution is -3.12. The number of nitrogens with one attached hydrogen (secondary N) is 2. The van der Waals surface area contributed by atoms with Crippen LogP contribution in [0.2, 0.25) is 0 Å². The number of hydrogen-bond acceptors (Lipinski definition) is 3. The van der Waals surface area contributed by atoms with E-state index in [2.05, 4.69) is 23.5 Å². The zero-order valence-electron chi connectivity index (χ0n) is 15.8. The van der Waals surface area contributed by atoms with Crippen molar-refractivity contribution >= 4 is 17.5 Å². The highest BCUT2D eigenvalue weighted by Gasteiger charge is 2.23. The van der Waals surface area contributed by atoms with Gasteiger partial charge in [0.2, 0.25) is 5.91 Å². The monoisotopic (exact) mass is 368 g/mol. The third kappa shape index (κ3) is 5.08. The Kier molecular flexibility index (Phi) is 6.08. The average Bonchev–Trinajstić information content (AvgIpc) is 2.67. The third-order valence-electron chi connectivity index (χ3n) is 4.87. The third-order valence-corrected chi connectivity index (χ3v) is 4.87. The van der Waals surface area contributed by atoms with Crippen LogP contribution in [0.25, 0.3) is 0 Å². The zero-order valence-corrected chi connectivity index (χ0v) is 15.8. The standard InChI is InChI=1S/C21H25N3O3/c1-23(14-20(25)22-18-8-5-9-19(12-18)27-2)21(26)15-24-11-10-16-6-3-4-7-17(16)13-24/h3-9,12H,10-11,13-15H2,1-2H3,(H,22,25)/p+1. The van der Waals surface area contributed by atoms with E-state index < -0.39 is 0 Å². The quantitative estimate of drug-likeness (QED) is 0.790. The van der Waals surface area contributed by atoms with Gasteiger partial charge in [-0.05, 0) is 17.7 Å². The molecule has 142 valence electrons. The van der Waals surface area contributed by atoms with E-state index in [0.29, 0.717) is 18.0 Å². The number of quaternary nitrogens is 1. The lowest BCUT2D eigenvalue weighted by Gasteiger charge is -2.27. The van der Waals surface area contributed by atoms with Gasteiger partial charge in [0.05, 0.1) is 20.2 Å². The Balaban J connectivity index is 1.49. The van der Waals surface area contributed by atoms with E-state index in [1.807, 2.05) is 12.1 Å². The first kappa shape index (κ1) is 18.9. The molecule has 1 heterocycles. The van der Waals surface area contributed by atoms with Gasteiger partial charge in [-0.15, -0.1) is 0 Å². The van der Waals surface area contributed by atoms with Crippen LogP contribution in [-0.4, -0.2) is 50.5 Å². The van der Waals surface area contributed by atoms with E-state index in [9.17, 15) is 9.59 Å². The van der Waals surface area contributed by atoms with Gasteiger partial charge >= 0.3 is 0 Å². The van der Waals surface area contributed by atoms with Crippen molar-refractivity contribution in [3.05, 3.63) is 59.7 Å². The molecule has 0 saturated carbocycles. The molecular formula is C21H26N3O3+. The van der Waals surface area contributed by atoms with Crippen molar-refractivity contribution in [1.29, 1.82) is 0 Å². The van der Waals surface area contributed by atoms with Gasteiger partial charge in [-0.25, -0.2) is 0 Å². The minimum atomic E-state index is -0.224. The first-order valence-corrected chi connectivity index (χ1v) is 9.13. The molecular weight excluding hydrogens is 342 g/mol. The summed E-state index contributed by atoms with van der Waals surface area (Å²) in [7, 11) is 3.25. The Morgan fingerprint density at radius 2 is 1.93 bits per heavy atom. The summed E-state index contributed by atoms with van der Waals surface area (Å²) < 4.78 is 5.15. The molecule has 1 aliphatic heterocycles. The molecule has 2 N–H and O–H groups in total. The fraction of sp³-hybridized carbons (Fsp3) is 0.333. The minimum absolute atomic E-state index is 0.0230. The van der Waals surface area contributed by atoms with Crippen molar-refractivity contribution in [1.82, 2.24) is 4.90 Å². The predicted octanol–water partition coefficient (Wildman–Crippen LogP) is 0.733. The smallest absolute Gasteiger partial charge is 0.277 e. The van der Waals surface area contributed by atoms with Crippen molar-refractivity contribution in [3.63, 3.8) is 0 Å². The Labute approximate surface area is 159 Å². The SMILES string of the molecule is COc1cccc(NC(=O)CN(C)C(=O)C[NH+]2CCc3ccccc3C2)c1. The zero-order chi connectivity index (χ0) is 19.2. The first-order valence-electron chi connectivity index (χ1n) is 9.13. The minimum Gasteiger partial charge on any atom is -0.497 e. The van der Waals surface area contributed by atoms with Gasteiger partial charge in [0.1, 0.15) is 12.3 Å². The van der Waals surface area contributed by atoms with Crippen LogP contribution in [0.15, 0.2) is 48.5 Å². The van der Waals surface area contributed by atoms with Gasteiger partial charge in [0, 0.05) is 30.8 Å². The summed E-state index contributed by atoms with van der Waals surface area (Å²) in [6, 6.07) is 15.5. The maximum atomic E-state index is 12.5. The van der Waals surface area contributed by atoms with E-state index in [1.54, 1.807) is 32.4 Å². The van der Waals surface area contributed by atoms with Crippen LogP contribution < -0.4 is 15.0 Å². The maximum absolute atomic E-state index is 12.5. The summed E-state index contributed by atoms with van der Waals surface area (Å²) in [4.78, 5) is 27.5. The van der Waals surface area contributed by atoms with Gasteiger partial charge in [-0.2, -0.15) is 0 Å². The number of anilines is 1. The lowest BCUT2D eigenvalue weighted by atomic mass is 10.00. The van der Waals surface area contributed by atoms with Crippen molar-refractivity contribution in [2.45, 2.75) is 13.0 Å². The molecule has 3 rings (SSSR count). The molecule has 2 aromatic carbocycles. The Morgan fingerprint density at radius 3 is 2.70 bits per heavy atom. The highest BCUT2D eigenvalue weighted by Crippen LogP contribution is 2.16. The molecule has 6 nitrogen and oxygen atoms in total. The summed E-state index contributed by atoms with van der Waals surface area (Å²) >= 11 is 0. The molecule has 0 spiro atoms. The van der Waals surface area contributed by atoms with Crippen molar-refractivity contribution in [3.8, 4) is 5.75 Å². The van der Waals surface area contributed by atoms with Crippen LogP contribution >= 0.6 is 0 Å². The normalized spacial score (nSPS) is 15.6. The number of methoxy groups -OCH3 is 1. The fourth-order valence-electron chi connectivity index (χ4n) is 3.35. The number of ether oxygens (including phenoxy) is 1. The maximum Gasteiger partial charge on any atom is 0.277 e. The number of amides is 2. The van der Waals surface area contributed by atoms with E-state index in [-0.39, 0.29) is 18.4 Å². The molecule has 27 heavy (non-hydrogen) atoms. The van der Waals surface area contributed by atoms with Crippen LogP contribution in [0.3, 0.4) is 0 Å². The van der Waals surface area contributed by atoms with Crippen LogP contribution in [0.4, 0.5) is 5.69 Å². The second-order valence-electron chi connectivity index (χ2n) is 6.90. The number of rotatable bonds is 6. The summed E-state index contributed by atoms with van der Waals surface area (Å²) in [5.41, 5.74) is 3.34. The van der Waals surface area contributed by atoms with E-state index >= 15 is 0 Å². The number of hydrogen-bond donors (Lipinski definition) is 2. The van der Waals surface area contributed by atoms with Crippen molar-refractivity contribution in [2.75, 3.05) is 39.1 Å². The highest BCUT2D eigenvalue weighted by atomic mass is 16.5. The van der Waals surface area contributed by atoms with Gasteiger partial charge in [0.15, 0.2) is 6.54 Å². The van der Waals surface area contributed by atoms with E-state index in [0.717, 1.165) is 19.5 Å². The number of nitrogens with zero attached hydrogens (tertiary/aromatic N) is 1. The number of carbonyl (C=O) groups excluding carboxylic acids is 2. The van der Waals surface area contributed by atoms with Gasteiger partial charge in [0.25, 0.3) is 5.91 Å². The number of fused-ring (bicyclic) bond motifs is 1. The van der Waals surface area contributed by atoms with Crippen molar-refractivity contribution in [2.24, 2.45) is 0 Å². The lowest BCUT2D eigenvalue weighted by molar-refractivity contribution is -0.908. The Bertz CT molecular complexity index is 822. The van der Waals surface area contributed by atoms with Crippen LogP contribution in [0.5, 0.6) is 5.75 Å². The molecule has 1 aliphatic rings. The Morgan fingerprint density at radius 1 is 1.15 bits per heavy atom. The molecule has 0 aromatic heterocycles. The first-order chi connectivity index (χ1) is 13.0. The number of benzene rings is 2. The molecule has 0 fully saturated rings. The average molecular weight is 368 g/mol. The number of carbonyl (C=O) groups is 2. The second-order valence-corrected chi connectivity index (χ2v) is 6.90. The van der Waals surface area contributed by atoms with E-state index in [1.165, 1.54) is 20.9 Å². The largest absolute Gasteiger partial charge is 0.497 e. The predicted molar refractivity (Wildman–Crippen MR) is 104 cm³/mol. The summed E-state index contributed by atoms with van der Waals surface area (Å²) in [6.07, 6.45) is 0.985.